The van der Waals surface area contributed by atoms with Gasteiger partial charge >= 0.3 is 0 Å². The zero-order valence-corrected chi connectivity index (χ0v) is 25.1. The second-order valence-electron chi connectivity index (χ2n) is 12.5. The molecular formula is C36H54. The zero-order chi connectivity index (χ0) is 26.0. The number of benzene rings is 2. The molecule has 0 radical (unpaired) electrons. The maximum absolute atomic E-state index is 2.47. The fourth-order valence-corrected chi connectivity index (χ4v) is 8.07. The normalized spacial score (nSPS) is 14.8. The van der Waals surface area contributed by atoms with Gasteiger partial charge in [-0.3, -0.25) is 0 Å². The summed E-state index contributed by atoms with van der Waals surface area (Å²) in [5, 5.41) is 0. The van der Waals surface area contributed by atoms with Crippen molar-refractivity contribution in [3.8, 4) is 0 Å². The molecule has 0 fully saturated rings. The average Bonchev–Trinajstić information content (AvgIpc) is 2.85. The summed E-state index contributed by atoms with van der Waals surface area (Å²) in [6.07, 6.45) is 17.8. The van der Waals surface area contributed by atoms with Crippen molar-refractivity contribution in [1.82, 2.24) is 0 Å². The van der Waals surface area contributed by atoms with Crippen LogP contribution in [-0.2, 0) is 51.4 Å². The Labute approximate surface area is 223 Å². The van der Waals surface area contributed by atoms with Gasteiger partial charge in [0, 0.05) is 0 Å². The Hall–Kier alpha value is -1.56. The topological polar surface area (TPSA) is 0 Å². The van der Waals surface area contributed by atoms with Crippen molar-refractivity contribution in [2.75, 3.05) is 0 Å². The summed E-state index contributed by atoms with van der Waals surface area (Å²) in [5.74, 6) is 1.24. The molecule has 2 aromatic rings. The first-order valence-corrected chi connectivity index (χ1v) is 15.8. The van der Waals surface area contributed by atoms with Crippen molar-refractivity contribution < 1.29 is 0 Å². The van der Waals surface area contributed by atoms with Gasteiger partial charge in [-0.15, -0.1) is 0 Å². The average molecular weight is 487 g/mol. The predicted molar refractivity (Wildman–Crippen MR) is 159 cm³/mol. The van der Waals surface area contributed by atoms with Crippen LogP contribution < -0.4 is 0 Å². The molecule has 0 saturated heterocycles. The number of rotatable bonds is 10. The number of hydrogen-bond donors (Lipinski definition) is 0. The molecule has 0 bridgehead atoms. The highest BCUT2D eigenvalue weighted by molar-refractivity contribution is 5.64. The van der Waals surface area contributed by atoms with Gasteiger partial charge in [-0.05, 0) is 143 Å². The molecule has 0 saturated carbocycles. The van der Waals surface area contributed by atoms with Crippen LogP contribution in [0.5, 0.6) is 0 Å². The van der Waals surface area contributed by atoms with E-state index in [1.165, 1.54) is 89.9 Å². The van der Waals surface area contributed by atoms with E-state index in [-0.39, 0.29) is 0 Å². The minimum absolute atomic E-state index is 0.618. The molecule has 0 heterocycles. The minimum Gasteiger partial charge on any atom is -0.0651 e. The van der Waals surface area contributed by atoms with Crippen LogP contribution in [0.3, 0.4) is 0 Å². The maximum Gasteiger partial charge on any atom is -0.00141 e. The third-order valence-corrected chi connectivity index (χ3v) is 9.18. The van der Waals surface area contributed by atoms with E-state index in [0.717, 1.165) is 0 Å². The molecule has 0 unspecified atom stereocenters. The van der Waals surface area contributed by atoms with Crippen LogP contribution in [0.25, 0.3) is 0 Å². The first kappa shape index (κ1) is 27.5. The van der Waals surface area contributed by atoms with E-state index in [4.69, 9.17) is 0 Å². The van der Waals surface area contributed by atoms with Crippen molar-refractivity contribution in [2.45, 2.75) is 157 Å². The van der Waals surface area contributed by atoms with Gasteiger partial charge in [0.05, 0.1) is 0 Å². The van der Waals surface area contributed by atoms with Gasteiger partial charge in [0.15, 0.2) is 0 Å². The summed E-state index contributed by atoms with van der Waals surface area (Å²) < 4.78 is 0. The van der Waals surface area contributed by atoms with Crippen molar-refractivity contribution >= 4 is 0 Å². The summed E-state index contributed by atoms with van der Waals surface area (Å²) in [6.45, 7) is 19.4. The molecule has 4 rings (SSSR count). The van der Waals surface area contributed by atoms with Crippen LogP contribution in [0.1, 0.15) is 173 Å². The highest BCUT2D eigenvalue weighted by Crippen LogP contribution is 2.46. The van der Waals surface area contributed by atoms with Crippen molar-refractivity contribution in [3.63, 3.8) is 0 Å². The molecule has 0 aromatic heterocycles. The highest BCUT2D eigenvalue weighted by Gasteiger charge is 2.33. The Morgan fingerprint density at radius 2 is 0.778 bits per heavy atom. The van der Waals surface area contributed by atoms with Crippen LogP contribution in [0.15, 0.2) is 0 Å². The summed E-state index contributed by atoms with van der Waals surface area (Å²) >= 11 is 0. The first-order valence-electron chi connectivity index (χ1n) is 15.8. The second kappa shape index (κ2) is 11.9. The van der Waals surface area contributed by atoms with Gasteiger partial charge in [0.25, 0.3) is 0 Å². The molecule has 198 valence electrons. The van der Waals surface area contributed by atoms with E-state index in [2.05, 4.69) is 55.4 Å². The predicted octanol–water partition coefficient (Wildman–Crippen LogP) is 10.1. The van der Waals surface area contributed by atoms with Gasteiger partial charge in [-0.25, -0.2) is 0 Å². The van der Waals surface area contributed by atoms with Crippen LogP contribution in [0.2, 0.25) is 0 Å². The van der Waals surface area contributed by atoms with E-state index in [1.54, 1.807) is 66.8 Å². The van der Waals surface area contributed by atoms with E-state index in [1.807, 2.05) is 0 Å². The fraction of sp³-hybridized carbons (Fsp3) is 0.667. The van der Waals surface area contributed by atoms with E-state index >= 15 is 0 Å². The van der Waals surface area contributed by atoms with Gasteiger partial charge in [0.2, 0.25) is 0 Å². The van der Waals surface area contributed by atoms with E-state index in [0.29, 0.717) is 11.8 Å². The summed E-state index contributed by atoms with van der Waals surface area (Å²) in [5.41, 5.74) is 21.1. The molecule has 0 heteroatoms. The molecule has 0 atom stereocenters. The molecule has 2 aromatic carbocycles. The van der Waals surface area contributed by atoms with Gasteiger partial charge in [-0.1, -0.05) is 81.1 Å². The second-order valence-corrected chi connectivity index (χ2v) is 12.5. The van der Waals surface area contributed by atoms with E-state index in [9.17, 15) is 0 Å². The molecule has 0 nitrogen and oxygen atoms in total. The van der Waals surface area contributed by atoms with Crippen molar-refractivity contribution in [2.24, 2.45) is 0 Å². The SMILES string of the molecule is CCCc1c(CCC)c(CCC)c2c(c1CCC)Cc1c(c(C(C)C)c3c(c1C(C)C)CCCC3)C2. The van der Waals surface area contributed by atoms with Crippen LogP contribution in [-0.4, -0.2) is 0 Å². The maximum atomic E-state index is 2.47. The number of hydrogen-bond acceptors (Lipinski definition) is 0. The Kier molecular flexibility index (Phi) is 9.06. The highest BCUT2D eigenvalue weighted by atomic mass is 14.4. The smallest absolute Gasteiger partial charge is 0.00141 e. The molecule has 0 spiro atoms. The van der Waals surface area contributed by atoms with E-state index < -0.39 is 0 Å². The van der Waals surface area contributed by atoms with Crippen molar-refractivity contribution in [1.29, 1.82) is 0 Å². The van der Waals surface area contributed by atoms with Crippen LogP contribution in [0, 0.1) is 0 Å². The largest absolute Gasteiger partial charge is 0.0651 e. The minimum atomic E-state index is 0.618. The quantitative estimate of drug-likeness (QED) is 0.267. The molecule has 2 aliphatic rings. The lowest BCUT2D eigenvalue weighted by molar-refractivity contribution is 0.645. The molecular weight excluding hydrogens is 432 g/mol. The lowest BCUT2D eigenvalue weighted by Gasteiger charge is -2.37. The molecule has 0 aliphatic heterocycles. The Bertz CT molecular complexity index is 993. The molecule has 2 aliphatic carbocycles. The molecule has 0 amide bonds. The Morgan fingerprint density at radius 1 is 0.444 bits per heavy atom. The lowest BCUT2D eigenvalue weighted by Crippen LogP contribution is -2.24. The molecule has 0 N–H and O–H groups in total. The number of fused-ring (bicyclic) bond motifs is 3. The summed E-state index contributed by atoms with van der Waals surface area (Å²) in [4.78, 5) is 0. The monoisotopic (exact) mass is 486 g/mol. The molecule has 36 heavy (non-hydrogen) atoms. The summed E-state index contributed by atoms with van der Waals surface area (Å²) in [6, 6.07) is 0. The van der Waals surface area contributed by atoms with Gasteiger partial charge < -0.3 is 0 Å². The van der Waals surface area contributed by atoms with Crippen LogP contribution in [0.4, 0.5) is 0 Å². The van der Waals surface area contributed by atoms with Crippen LogP contribution >= 0.6 is 0 Å². The van der Waals surface area contributed by atoms with Crippen molar-refractivity contribution in [3.05, 3.63) is 66.8 Å². The Balaban J connectivity index is 2.07. The van der Waals surface area contributed by atoms with Gasteiger partial charge in [0.1, 0.15) is 0 Å². The van der Waals surface area contributed by atoms with Gasteiger partial charge in [-0.2, -0.15) is 0 Å². The third-order valence-electron chi connectivity index (χ3n) is 9.18. The fourth-order valence-electron chi connectivity index (χ4n) is 8.07. The summed E-state index contributed by atoms with van der Waals surface area (Å²) in [7, 11) is 0. The standard InChI is InChI=1S/C36H54/c1-9-15-25-26(16-10-2)28(18-12-4)32-22-34-33(21-31(32)27(25)17-11-3)35(23(5)6)29-19-13-14-20-30(29)36(34)24(7)8/h23-24H,9-22H2,1-8H3. The third kappa shape index (κ3) is 4.83. The zero-order valence-electron chi connectivity index (χ0n) is 25.1. The first-order chi connectivity index (χ1) is 17.4. The Morgan fingerprint density at radius 3 is 1.08 bits per heavy atom. The lowest BCUT2D eigenvalue weighted by atomic mass is 9.67.